The van der Waals surface area contributed by atoms with Crippen molar-refractivity contribution in [1.29, 1.82) is 0 Å². The summed E-state index contributed by atoms with van der Waals surface area (Å²) in [4.78, 5) is 24.6. The van der Waals surface area contributed by atoms with Crippen LogP contribution in [0.1, 0.15) is 28.4 Å². The van der Waals surface area contributed by atoms with Crippen molar-refractivity contribution < 1.29 is 19.4 Å². The minimum absolute atomic E-state index is 0.0314. The van der Waals surface area contributed by atoms with Crippen LogP contribution in [0.3, 0.4) is 0 Å². The van der Waals surface area contributed by atoms with Gasteiger partial charge in [-0.1, -0.05) is 42.0 Å². The molecule has 0 radical (unpaired) electrons. The number of benzene rings is 2. The molecule has 0 spiro atoms. The summed E-state index contributed by atoms with van der Waals surface area (Å²) in [6, 6.07) is 11.9. The number of hydrogen-bond acceptors (Lipinski definition) is 4. The maximum Gasteiger partial charge on any atom is 0.173 e. The van der Waals surface area contributed by atoms with Crippen molar-refractivity contribution in [2.24, 2.45) is 5.92 Å². The molecule has 1 unspecified atom stereocenters. The van der Waals surface area contributed by atoms with Crippen molar-refractivity contribution >= 4 is 17.6 Å². The van der Waals surface area contributed by atoms with Crippen LogP contribution in [0, 0.1) is 12.8 Å². The average Bonchev–Trinajstić information content (AvgIpc) is 2.60. The van der Waals surface area contributed by atoms with Gasteiger partial charge in [0.2, 0.25) is 0 Å². The van der Waals surface area contributed by atoms with Crippen LogP contribution in [-0.4, -0.2) is 23.8 Å². The largest absolute Gasteiger partial charge is 0.504 e. The maximum atomic E-state index is 12.3. The number of Topliss-reactive ketones (excluding diaryl/α,β-unsaturated/α-hetero) is 1. The van der Waals surface area contributed by atoms with Gasteiger partial charge in [0.25, 0.3) is 0 Å². The highest BCUT2D eigenvalue weighted by molar-refractivity contribution is 6.14. The fourth-order valence-corrected chi connectivity index (χ4v) is 2.22. The van der Waals surface area contributed by atoms with E-state index in [4.69, 9.17) is 4.74 Å². The fraction of sp³-hybridized carbons (Fsp3) is 0.200. The second-order valence-corrected chi connectivity index (χ2v) is 5.62. The van der Waals surface area contributed by atoms with E-state index in [0.717, 1.165) is 5.56 Å². The van der Waals surface area contributed by atoms with Crippen molar-refractivity contribution in [2.75, 3.05) is 7.11 Å². The molecule has 2 aromatic carbocycles. The van der Waals surface area contributed by atoms with E-state index in [0.29, 0.717) is 16.9 Å². The van der Waals surface area contributed by atoms with Crippen molar-refractivity contribution in [3.8, 4) is 11.5 Å². The topological polar surface area (TPSA) is 63.6 Å². The summed E-state index contributed by atoms with van der Waals surface area (Å²) in [5, 5.41) is 9.56. The van der Waals surface area contributed by atoms with E-state index >= 15 is 0 Å². The minimum atomic E-state index is -0.747. The van der Waals surface area contributed by atoms with Crippen molar-refractivity contribution in [3.05, 3.63) is 65.2 Å². The monoisotopic (exact) mass is 324 g/mol. The molecular weight excluding hydrogens is 304 g/mol. The Balaban J connectivity index is 2.10. The smallest absolute Gasteiger partial charge is 0.173 e. The van der Waals surface area contributed by atoms with Crippen LogP contribution >= 0.6 is 0 Å². The molecule has 1 atom stereocenters. The predicted molar refractivity (Wildman–Crippen MR) is 93.4 cm³/mol. The molecule has 0 aromatic heterocycles. The van der Waals surface area contributed by atoms with Gasteiger partial charge in [0.1, 0.15) is 0 Å². The van der Waals surface area contributed by atoms with Gasteiger partial charge in [0.05, 0.1) is 13.0 Å². The number of carbonyl (C=O) groups is 2. The van der Waals surface area contributed by atoms with E-state index < -0.39 is 5.92 Å². The second-order valence-electron chi connectivity index (χ2n) is 5.62. The van der Waals surface area contributed by atoms with E-state index in [1.807, 2.05) is 19.1 Å². The lowest BCUT2D eigenvalue weighted by Crippen LogP contribution is -2.19. The normalized spacial score (nSPS) is 12.1. The molecule has 0 aliphatic heterocycles. The molecule has 2 rings (SSSR count). The number of methoxy groups -OCH3 is 1. The van der Waals surface area contributed by atoms with Crippen LogP contribution in [-0.2, 0) is 4.79 Å². The Labute approximate surface area is 141 Å². The maximum absolute atomic E-state index is 12.3. The van der Waals surface area contributed by atoms with Crippen LogP contribution in [0.4, 0.5) is 0 Å². The first-order chi connectivity index (χ1) is 11.4. The fourth-order valence-electron chi connectivity index (χ4n) is 2.22. The Morgan fingerprint density at radius 2 is 1.79 bits per heavy atom. The molecule has 24 heavy (non-hydrogen) atoms. The number of phenols is 1. The third-order valence-electron chi connectivity index (χ3n) is 3.80. The van der Waals surface area contributed by atoms with Gasteiger partial charge in [-0.3, -0.25) is 9.59 Å². The summed E-state index contributed by atoms with van der Waals surface area (Å²) in [6.07, 6.45) is 2.98. The Morgan fingerprint density at radius 3 is 2.42 bits per heavy atom. The number of carbonyl (C=O) groups excluding carboxylic acids is 2. The number of phenolic OH excluding ortho intramolecular Hbond substituents is 1. The van der Waals surface area contributed by atoms with Crippen LogP contribution in [0.25, 0.3) is 6.08 Å². The first-order valence-corrected chi connectivity index (χ1v) is 7.62. The standard InChI is InChI=1S/C20H20O4/c1-13-4-8-16(9-5-13)20(23)14(2)17(21)10-6-15-7-11-18(22)19(12-15)24-3/h4-12,14,22H,1-3H3. The molecule has 0 bridgehead atoms. The van der Waals surface area contributed by atoms with Gasteiger partial charge in [-0.15, -0.1) is 0 Å². The minimum Gasteiger partial charge on any atom is -0.504 e. The molecule has 124 valence electrons. The molecule has 4 heteroatoms. The number of aromatic hydroxyl groups is 1. The number of ketones is 2. The molecule has 0 saturated carbocycles. The van der Waals surface area contributed by atoms with Crippen LogP contribution in [0.2, 0.25) is 0 Å². The zero-order valence-corrected chi connectivity index (χ0v) is 13.9. The summed E-state index contributed by atoms with van der Waals surface area (Å²) in [7, 11) is 1.45. The van der Waals surface area contributed by atoms with Crippen molar-refractivity contribution in [2.45, 2.75) is 13.8 Å². The number of allylic oxidation sites excluding steroid dienone is 1. The number of hydrogen-bond donors (Lipinski definition) is 1. The first-order valence-electron chi connectivity index (χ1n) is 7.62. The lowest BCUT2D eigenvalue weighted by Gasteiger charge is -2.07. The summed E-state index contributed by atoms with van der Waals surface area (Å²) in [5.41, 5.74) is 2.29. The van der Waals surface area contributed by atoms with Gasteiger partial charge in [0, 0.05) is 5.56 Å². The van der Waals surface area contributed by atoms with E-state index in [9.17, 15) is 14.7 Å². The van der Waals surface area contributed by atoms with Gasteiger partial charge >= 0.3 is 0 Å². The summed E-state index contributed by atoms with van der Waals surface area (Å²) >= 11 is 0. The number of rotatable bonds is 6. The van der Waals surface area contributed by atoms with Gasteiger partial charge < -0.3 is 9.84 Å². The highest BCUT2D eigenvalue weighted by atomic mass is 16.5. The van der Waals surface area contributed by atoms with E-state index in [1.165, 1.54) is 19.3 Å². The van der Waals surface area contributed by atoms with Crippen molar-refractivity contribution in [3.63, 3.8) is 0 Å². The molecule has 0 aliphatic rings. The summed E-state index contributed by atoms with van der Waals surface area (Å²) in [5.74, 6) is -0.860. The number of ether oxygens (including phenoxy) is 1. The van der Waals surface area contributed by atoms with Crippen LogP contribution in [0.5, 0.6) is 11.5 Å². The third kappa shape index (κ3) is 4.10. The highest BCUT2D eigenvalue weighted by Gasteiger charge is 2.20. The van der Waals surface area contributed by atoms with Gasteiger partial charge in [0.15, 0.2) is 23.1 Å². The first kappa shape index (κ1) is 17.5. The second kappa shape index (κ2) is 7.59. The molecule has 0 saturated heterocycles. The quantitative estimate of drug-likeness (QED) is 0.498. The zero-order valence-electron chi connectivity index (χ0n) is 13.9. The lowest BCUT2D eigenvalue weighted by molar-refractivity contribution is -0.116. The molecule has 0 aliphatic carbocycles. The Hall–Kier alpha value is -2.88. The molecule has 2 aromatic rings. The molecule has 0 heterocycles. The molecule has 4 nitrogen and oxygen atoms in total. The lowest BCUT2D eigenvalue weighted by atomic mass is 9.94. The predicted octanol–water partition coefficient (Wildman–Crippen LogP) is 3.81. The summed E-state index contributed by atoms with van der Waals surface area (Å²) < 4.78 is 5.02. The Morgan fingerprint density at radius 1 is 1.12 bits per heavy atom. The van der Waals surface area contributed by atoms with Crippen LogP contribution in [0.15, 0.2) is 48.5 Å². The molecule has 1 N–H and O–H groups in total. The molecule has 0 fully saturated rings. The SMILES string of the molecule is COc1cc(C=CC(=O)C(C)C(=O)c2ccc(C)cc2)ccc1O. The van der Waals surface area contributed by atoms with Gasteiger partial charge in [-0.2, -0.15) is 0 Å². The van der Waals surface area contributed by atoms with Crippen molar-refractivity contribution in [1.82, 2.24) is 0 Å². The Bertz CT molecular complexity index is 773. The number of aryl methyl sites for hydroxylation is 1. The van der Waals surface area contributed by atoms with E-state index in [1.54, 1.807) is 37.3 Å². The highest BCUT2D eigenvalue weighted by Crippen LogP contribution is 2.26. The van der Waals surface area contributed by atoms with Crippen LogP contribution < -0.4 is 4.74 Å². The third-order valence-corrected chi connectivity index (χ3v) is 3.80. The van der Waals surface area contributed by atoms with E-state index in [2.05, 4.69) is 0 Å². The van der Waals surface area contributed by atoms with Gasteiger partial charge in [-0.05, 0) is 37.6 Å². The Kier molecular flexibility index (Phi) is 5.53. The zero-order chi connectivity index (χ0) is 17.7. The average molecular weight is 324 g/mol. The molecule has 0 amide bonds. The molecular formula is C20H20O4. The summed E-state index contributed by atoms with van der Waals surface area (Å²) in [6.45, 7) is 3.55. The van der Waals surface area contributed by atoms with Gasteiger partial charge in [-0.25, -0.2) is 0 Å². The van der Waals surface area contributed by atoms with E-state index in [-0.39, 0.29) is 17.3 Å².